The molecule has 0 spiro atoms. The predicted octanol–water partition coefficient (Wildman–Crippen LogP) is 5.43. The molecule has 0 unspecified atom stereocenters. The first kappa shape index (κ1) is 22.1. The minimum atomic E-state index is -2.74. The molecule has 0 bridgehead atoms. The Bertz CT molecular complexity index is 1090. The van der Waals surface area contributed by atoms with E-state index in [1.807, 2.05) is 30.3 Å². The number of rotatable bonds is 5. The van der Waals surface area contributed by atoms with Crippen LogP contribution in [0, 0.1) is 0 Å². The van der Waals surface area contributed by atoms with Gasteiger partial charge < -0.3 is 9.53 Å². The van der Waals surface area contributed by atoms with Crippen molar-refractivity contribution >= 4 is 30.7 Å². The van der Waals surface area contributed by atoms with Gasteiger partial charge in [-0.1, -0.05) is 93.6 Å². The molecule has 0 heterocycles. The molecule has 0 radical (unpaired) electrons. The van der Waals surface area contributed by atoms with Gasteiger partial charge >= 0.3 is 14.3 Å². The van der Waals surface area contributed by atoms with Crippen LogP contribution in [0.2, 0.25) is 5.04 Å². The minimum absolute atomic E-state index is 0.134. The Morgan fingerprint density at radius 2 is 1.44 bits per heavy atom. The van der Waals surface area contributed by atoms with E-state index in [0.29, 0.717) is 12.0 Å². The highest BCUT2D eigenvalue weighted by molar-refractivity contribution is 7.00. The molecule has 4 heteroatoms. The van der Waals surface area contributed by atoms with Crippen LogP contribution in [0.25, 0.3) is 6.08 Å². The van der Waals surface area contributed by atoms with Crippen LogP contribution in [0.3, 0.4) is 0 Å². The SMILES string of the molecule is CC(C)(C)[Si](Oc1cccc2c1CCCC(C(=O)O)=C2)(c1ccccc1)c1ccccc1. The minimum Gasteiger partial charge on any atom is -0.534 e. The summed E-state index contributed by atoms with van der Waals surface area (Å²) in [5.74, 6) is 0.0378. The molecular weight excluding hydrogens is 412 g/mol. The third-order valence-electron chi connectivity index (χ3n) is 6.33. The first-order valence-electron chi connectivity index (χ1n) is 11.2. The zero-order valence-electron chi connectivity index (χ0n) is 19.0. The van der Waals surface area contributed by atoms with E-state index < -0.39 is 14.3 Å². The molecule has 0 saturated carbocycles. The van der Waals surface area contributed by atoms with E-state index in [0.717, 1.165) is 29.7 Å². The fourth-order valence-electron chi connectivity index (χ4n) is 4.78. The second-order valence-electron chi connectivity index (χ2n) is 9.42. The molecule has 0 aromatic heterocycles. The van der Waals surface area contributed by atoms with E-state index in [4.69, 9.17) is 4.43 Å². The maximum Gasteiger partial charge on any atom is 0.331 e. The Morgan fingerprint density at radius 1 is 0.844 bits per heavy atom. The number of carboxylic acid groups (broad SMARTS) is 1. The molecule has 164 valence electrons. The monoisotopic (exact) mass is 442 g/mol. The molecule has 3 aromatic rings. The van der Waals surface area contributed by atoms with Crippen molar-refractivity contribution in [2.24, 2.45) is 0 Å². The third kappa shape index (κ3) is 4.03. The molecule has 0 amide bonds. The summed E-state index contributed by atoms with van der Waals surface area (Å²) in [6, 6.07) is 27.2. The van der Waals surface area contributed by atoms with Crippen LogP contribution in [0.4, 0.5) is 0 Å². The lowest BCUT2D eigenvalue weighted by atomic mass is 10.0. The fourth-order valence-corrected chi connectivity index (χ4v) is 9.23. The fraction of sp³-hybridized carbons (Fsp3) is 0.250. The van der Waals surface area contributed by atoms with Crippen molar-refractivity contribution in [3.05, 3.63) is 95.6 Å². The molecule has 0 saturated heterocycles. The molecule has 3 aromatic carbocycles. The van der Waals surface area contributed by atoms with Crippen molar-refractivity contribution in [1.29, 1.82) is 0 Å². The summed E-state index contributed by atoms with van der Waals surface area (Å²) in [6.45, 7) is 6.80. The number of carboxylic acids is 1. The average molecular weight is 443 g/mol. The topological polar surface area (TPSA) is 46.5 Å². The molecule has 4 rings (SSSR count). The Balaban J connectivity index is 1.93. The lowest BCUT2D eigenvalue weighted by molar-refractivity contribution is -0.132. The highest BCUT2D eigenvalue weighted by atomic mass is 28.4. The van der Waals surface area contributed by atoms with Crippen molar-refractivity contribution in [2.45, 2.75) is 45.1 Å². The molecule has 32 heavy (non-hydrogen) atoms. The van der Waals surface area contributed by atoms with Crippen LogP contribution in [-0.4, -0.2) is 19.4 Å². The predicted molar refractivity (Wildman–Crippen MR) is 133 cm³/mol. The zero-order valence-corrected chi connectivity index (χ0v) is 20.0. The van der Waals surface area contributed by atoms with Crippen LogP contribution in [0.15, 0.2) is 84.4 Å². The van der Waals surface area contributed by atoms with E-state index in [1.54, 1.807) is 0 Å². The van der Waals surface area contributed by atoms with E-state index in [-0.39, 0.29) is 5.04 Å². The molecular formula is C28H30O3Si. The lowest BCUT2D eigenvalue weighted by Gasteiger charge is -2.43. The molecule has 3 nitrogen and oxygen atoms in total. The summed E-state index contributed by atoms with van der Waals surface area (Å²) < 4.78 is 7.25. The second kappa shape index (κ2) is 8.79. The van der Waals surface area contributed by atoms with Crippen LogP contribution < -0.4 is 14.8 Å². The van der Waals surface area contributed by atoms with Crippen molar-refractivity contribution in [3.8, 4) is 5.75 Å². The highest BCUT2D eigenvalue weighted by Crippen LogP contribution is 2.40. The van der Waals surface area contributed by atoms with Gasteiger partial charge in [-0.05, 0) is 57.9 Å². The standard InChI is InChI=1S/C28H30O3Si/c1-28(2,3)32(23-14-6-4-7-15-23,24-16-8-5-9-17-24)31-26-19-11-12-21-20-22(27(29)30)13-10-18-25(21)26/h4-9,11-12,14-17,19-20H,10,13,18H2,1-3H3,(H,29,30). The summed E-state index contributed by atoms with van der Waals surface area (Å²) in [5, 5.41) is 11.9. The van der Waals surface area contributed by atoms with Gasteiger partial charge in [0.2, 0.25) is 0 Å². The van der Waals surface area contributed by atoms with Crippen LogP contribution in [0.5, 0.6) is 5.75 Å². The van der Waals surface area contributed by atoms with E-state index in [2.05, 4.69) is 75.4 Å². The van der Waals surface area contributed by atoms with Gasteiger partial charge in [0.05, 0.1) is 0 Å². The Hall–Kier alpha value is -3.11. The number of hydrogen-bond donors (Lipinski definition) is 1. The average Bonchev–Trinajstić information content (AvgIpc) is 3.01. The number of fused-ring (bicyclic) bond motifs is 1. The maximum atomic E-state index is 11.6. The summed E-state index contributed by atoms with van der Waals surface area (Å²) in [6.07, 6.45) is 3.99. The first-order valence-corrected chi connectivity index (χ1v) is 13.1. The second-order valence-corrected chi connectivity index (χ2v) is 13.6. The molecule has 0 fully saturated rings. The van der Waals surface area contributed by atoms with Gasteiger partial charge in [-0.3, -0.25) is 0 Å². The van der Waals surface area contributed by atoms with Crippen LogP contribution in [0.1, 0.15) is 44.7 Å². The Morgan fingerprint density at radius 3 is 1.97 bits per heavy atom. The van der Waals surface area contributed by atoms with Crippen molar-refractivity contribution in [2.75, 3.05) is 0 Å². The quantitative estimate of drug-likeness (QED) is 0.536. The van der Waals surface area contributed by atoms with Gasteiger partial charge in [-0.25, -0.2) is 4.79 Å². The molecule has 0 aliphatic heterocycles. The smallest absolute Gasteiger partial charge is 0.331 e. The van der Waals surface area contributed by atoms with Gasteiger partial charge in [-0.2, -0.15) is 0 Å². The van der Waals surface area contributed by atoms with E-state index in [1.165, 1.54) is 10.4 Å². The highest BCUT2D eigenvalue weighted by Gasteiger charge is 2.52. The molecule has 1 aliphatic rings. The van der Waals surface area contributed by atoms with E-state index >= 15 is 0 Å². The summed E-state index contributed by atoms with van der Waals surface area (Å²) in [7, 11) is -2.74. The van der Waals surface area contributed by atoms with Gasteiger partial charge in [0.1, 0.15) is 5.75 Å². The normalized spacial score (nSPS) is 14.2. The Kier molecular flexibility index (Phi) is 6.07. The van der Waals surface area contributed by atoms with Gasteiger partial charge in [0.15, 0.2) is 0 Å². The maximum absolute atomic E-state index is 11.6. The third-order valence-corrected chi connectivity index (χ3v) is 11.3. The largest absolute Gasteiger partial charge is 0.534 e. The van der Waals surface area contributed by atoms with Gasteiger partial charge in [-0.15, -0.1) is 0 Å². The molecule has 0 atom stereocenters. The lowest BCUT2D eigenvalue weighted by Crippen LogP contribution is -2.68. The molecule has 1 aliphatic carbocycles. The summed E-state index contributed by atoms with van der Waals surface area (Å²) in [5.41, 5.74) is 2.53. The number of aliphatic carboxylic acids is 1. The number of hydrogen-bond acceptors (Lipinski definition) is 2. The van der Waals surface area contributed by atoms with Gasteiger partial charge in [0, 0.05) is 5.57 Å². The van der Waals surface area contributed by atoms with Crippen molar-refractivity contribution in [3.63, 3.8) is 0 Å². The first-order chi connectivity index (χ1) is 15.3. The van der Waals surface area contributed by atoms with Crippen LogP contribution in [-0.2, 0) is 11.2 Å². The Labute approximate surface area is 191 Å². The van der Waals surface area contributed by atoms with E-state index in [9.17, 15) is 9.90 Å². The number of benzene rings is 3. The van der Waals surface area contributed by atoms with Crippen molar-refractivity contribution < 1.29 is 14.3 Å². The van der Waals surface area contributed by atoms with Gasteiger partial charge in [0.25, 0.3) is 0 Å². The van der Waals surface area contributed by atoms with Crippen LogP contribution >= 0.6 is 0 Å². The summed E-state index contributed by atoms with van der Waals surface area (Å²) in [4.78, 5) is 11.6. The summed E-state index contributed by atoms with van der Waals surface area (Å²) >= 11 is 0. The number of carbonyl (C=O) groups is 1. The molecule has 1 N–H and O–H groups in total. The zero-order chi connectivity index (χ0) is 22.8. The van der Waals surface area contributed by atoms with Crippen molar-refractivity contribution in [1.82, 2.24) is 0 Å².